The SMILES string of the molecule is CN(CC(=O)O)C1CCCN(CC(=O)N2CCCc3ccccc32)CC1.Cl. The van der Waals surface area contributed by atoms with Crippen LogP contribution in [0.5, 0.6) is 0 Å². The van der Waals surface area contributed by atoms with Gasteiger partial charge in [0.2, 0.25) is 5.91 Å². The van der Waals surface area contributed by atoms with E-state index < -0.39 is 5.97 Å². The molecule has 2 aliphatic heterocycles. The summed E-state index contributed by atoms with van der Waals surface area (Å²) in [5, 5.41) is 8.98. The maximum Gasteiger partial charge on any atom is 0.317 e. The summed E-state index contributed by atoms with van der Waals surface area (Å²) in [5.41, 5.74) is 2.33. The predicted molar refractivity (Wildman–Crippen MR) is 109 cm³/mol. The minimum atomic E-state index is -0.785. The molecule has 1 aromatic rings. The van der Waals surface area contributed by atoms with Crippen LogP contribution in [0.25, 0.3) is 0 Å². The number of rotatable bonds is 5. The van der Waals surface area contributed by atoms with E-state index in [4.69, 9.17) is 5.11 Å². The summed E-state index contributed by atoms with van der Waals surface area (Å²) in [4.78, 5) is 29.9. The number of carboxylic acids is 1. The van der Waals surface area contributed by atoms with Crippen molar-refractivity contribution >= 4 is 30.0 Å². The summed E-state index contributed by atoms with van der Waals surface area (Å²) in [5.74, 6) is -0.609. The Bertz CT molecular complexity index is 655. The van der Waals surface area contributed by atoms with Crippen molar-refractivity contribution in [1.29, 1.82) is 0 Å². The van der Waals surface area contributed by atoms with Crippen LogP contribution in [0, 0.1) is 0 Å². The van der Waals surface area contributed by atoms with Gasteiger partial charge in [-0.15, -0.1) is 12.4 Å². The molecule has 0 saturated carbocycles. The maximum absolute atomic E-state index is 12.9. The Labute approximate surface area is 167 Å². The fourth-order valence-electron chi connectivity index (χ4n) is 4.15. The van der Waals surface area contributed by atoms with Crippen molar-refractivity contribution in [2.75, 3.05) is 44.7 Å². The van der Waals surface area contributed by atoms with E-state index in [0.717, 1.165) is 57.4 Å². The van der Waals surface area contributed by atoms with E-state index in [9.17, 15) is 9.59 Å². The smallest absolute Gasteiger partial charge is 0.317 e. The van der Waals surface area contributed by atoms with Gasteiger partial charge in [0.05, 0.1) is 13.1 Å². The summed E-state index contributed by atoms with van der Waals surface area (Å²) in [7, 11) is 1.88. The number of likely N-dealkylation sites (tertiary alicyclic amines) is 1. The van der Waals surface area contributed by atoms with Gasteiger partial charge in [-0.3, -0.25) is 19.4 Å². The molecular weight excluding hydrogens is 366 g/mol. The molecule has 3 rings (SSSR count). The number of hydrogen-bond donors (Lipinski definition) is 1. The minimum absolute atomic E-state index is 0. The van der Waals surface area contributed by atoms with Crippen LogP contribution in [0.2, 0.25) is 0 Å². The van der Waals surface area contributed by atoms with Crippen molar-refractivity contribution in [2.24, 2.45) is 0 Å². The average molecular weight is 396 g/mol. The lowest BCUT2D eigenvalue weighted by Gasteiger charge is -2.31. The van der Waals surface area contributed by atoms with Gasteiger partial charge in [0.15, 0.2) is 0 Å². The second-order valence-corrected chi connectivity index (χ2v) is 7.45. The van der Waals surface area contributed by atoms with Crippen LogP contribution in [0.4, 0.5) is 5.69 Å². The molecule has 1 amide bonds. The topological polar surface area (TPSA) is 64.1 Å². The molecule has 150 valence electrons. The zero-order chi connectivity index (χ0) is 18.5. The highest BCUT2D eigenvalue weighted by Crippen LogP contribution is 2.27. The largest absolute Gasteiger partial charge is 0.480 e. The molecular formula is C20H30ClN3O3. The number of hydrogen-bond acceptors (Lipinski definition) is 4. The standard InChI is InChI=1S/C20H29N3O3.ClH/c1-21(15-20(25)26)17-8-5-11-22(13-10-17)14-19(24)23-12-4-7-16-6-2-3-9-18(16)23;/h2-3,6,9,17H,4-5,7-8,10-15H2,1H3,(H,25,26);1H. The van der Waals surface area contributed by atoms with Gasteiger partial charge in [-0.1, -0.05) is 18.2 Å². The third-order valence-electron chi connectivity index (χ3n) is 5.57. The molecule has 1 saturated heterocycles. The summed E-state index contributed by atoms with van der Waals surface area (Å²) >= 11 is 0. The van der Waals surface area contributed by atoms with Gasteiger partial charge in [-0.2, -0.15) is 0 Å². The van der Waals surface area contributed by atoms with Crippen molar-refractivity contribution in [3.63, 3.8) is 0 Å². The lowest BCUT2D eigenvalue weighted by molar-refractivity contribution is -0.138. The molecule has 0 radical (unpaired) electrons. The van der Waals surface area contributed by atoms with Crippen molar-refractivity contribution in [3.8, 4) is 0 Å². The molecule has 1 N–H and O–H groups in total. The van der Waals surface area contributed by atoms with Gasteiger partial charge < -0.3 is 10.0 Å². The van der Waals surface area contributed by atoms with Crippen LogP contribution >= 0.6 is 12.4 Å². The molecule has 0 aromatic heterocycles. The molecule has 0 spiro atoms. The number of carbonyl (C=O) groups is 2. The highest BCUT2D eigenvalue weighted by Gasteiger charge is 2.26. The number of aliphatic carboxylic acids is 1. The second kappa shape index (κ2) is 10.1. The van der Waals surface area contributed by atoms with Crippen LogP contribution in [0.3, 0.4) is 0 Å². The van der Waals surface area contributed by atoms with Gasteiger partial charge in [-0.25, -0.2) is 0 Å². The Kier molecular flexibility index (Phi) is 8.07. The van der Waals surface area contributed by atoms with E-state index in [0.29, 0.717) is 6.54 Å². The fourth-order valence-corrected chi connectivity index (χ4v) is 4.15. The van der Waals surface area contributed by atoms with E-state index in [2.05, 4.69) is 11.0 Å². The van der Waals surface area contributed by atoms with Crippen molar-refractivity contribution < 1.29 is 14.7 Å². The number of aryl methyl sites for hydroxylation is 1. The second-order valence-electron chi connectivity index (χ2n) is 7.45. The molecule has 7 heteroatoms. The summed E-state index contributed by atoms with van der Waals surface area (Å²) in [6.45, 7) is 3.07. The van der Waals surface area contributed by atoms with Gasteiger partial charge in [0, 0.05) is 24.8 Å². The highest BCUT2D eigenvalue weighted by molar-refractivity contribution is 5.95. The first kappa shape index (κ1) is 21.7. The zero-order valence-electron chi connectivity index (χ0n) is 16.0. The molecule has 1 unspecified atom stereocenters. The van der Waals surface area contributed by atoms with E-state index in [1.807, 2.05) is 35.0 Å². The minimum Gasteiger partial charge on any atom is -0.480 e. The summed E-state index contributed by atoms with van der Waals surface area (Å²) < 4.78 is 0. The van der Waals surface area contributed by atoms with Gasteiger partial charge in [0.25, 0.3) is 0 Å². The van der Waals surface area contributed by atoms with Gasteiger partial charge in [-0.05, 0) is 57.3 Å². The first-order valence-corrected chi connectivity index (χ1v) is 9.57. The molecule has 1 fully saturated rings. The van der Waals surface area contributed by atoms with Crippen molar-refractivity contribution in [2.45, 2.75) is 38.1 Å². The molecule has 27 heavy (non-hydrogen) atoms. The third kappa shape index (κ3) is 5.67. The number of halogens is 1. The number of nitrogens with zero attached hydrogens (tertiary/aromatic N) is 3. The molecule has 1 atom stereocenters. The normalized spacial score (nSPS) is 20.5. The Morgan fingerprint density at radius 2 is 1.93 bits per heavy atom. The molecule has 2 aliphatic rings. The quantitative estimate of drug-likeness (QED) is 0.828. The summed E-state index contributed by atoms with van der Waals surface area (Å²) in [6, 6.07) is 8.48. The van der Waals surface area contributed by atoms with Gasteiger partial charge in [0.1, 0.15) is 0 Å². The number of amides is 1. The van der Waals surface area contributed by atoms with E-state index in [-0.39, 0.29) is 30.9 Å². The van der Waals surface area contributed by atoms with E-state index in [1.54, 1.807) is 0 Å². The summed E-state index contributed by atoms with van der Waals surface area (Å²) in [6.07, 6.45) is 4.96. The Morgan fingerprint density at radius 1 is 1.15 bits per heavy atom. The number of benzene rings is 1. The van der Waals surface area contributed by atoms with Crippen molar-refractivity contribution in [1.82, 2.24) is 9.80 Å². The van der Waals surface area contributed by atoms with Crippen LogP contribution in [-0.2, 0) is 16.0 Å². The number of anilines is 1. The third-order valence-corrected chi connectivity index (χ3v) is 5.57. The van der Waals surface area contributed by atoms with E-state index >= 15 is 0 Å². The lowest BCUT2D eigenvalue weighted by Crippen LogP contribution is -2.43. The number of fused-ring (bicyclic) bond motifs is 1. The zero-order valence-corrected chi connectivity index (χ0v) is 16.8. The monoisotopic (exact) mass is 395 g/mol. The lowest BCUT2D eigenvalue weighted by atomic mass is 10.0. The molecule has 6 nitrogen and oxygen atoms in total. The van der Waals surface area contributed by atoms with Crippen LogP contribution < -0.4 is 4.90 Å². The Morgan fingerprint density at radius 3 is 2.70 bits per heavy atom. The Hall–Kier alpha value is -1.63. The van der Waals surface area contributed by atoms with Crippen molar-refractivity contribution in [3.05, 3.63) is 29.8 Å². The average Bonchev–Trinajstić information content (AvgIpc) is 2.86. The Balaban J connectivity index is 0.00000261. The van der Waals surface area contributed by atoms with Crippen LogP contribution in [-0.4, -0.2) is 72.6 Å². The fraction of sp³-hybridized carbons (Fsp3) is 0.600. The van der Waals surface area contributed by atoms with E-state index in [1.165, 1.54) is 5.56 Å². The first-order chi connectivity index (χ1) is 12.5. The number of para-hydroxylation sites is 1. The number of likely N-dealkylation sites (N-methyl/N-ethyl adjacent to an activating group) is 1. The molecule has 0 bridgehead atoms. The highest BCUT2D eigenvalue weighted by atomic mass is 35.5. The predicted octanol–water partition coefficient (Wildman–Crippen LogP) is 2.26. The number of carboxylic acid groups (broad SMARTS) is 1. The van der Waals surface area contributed by atoms with Crippen LogP contribution in [0.1, 0.15) is 31.2 Å². The molecule has 1 aromatic carbocycles. The van der Waals surface area contributed by atoms with Gasteiger partial charge >= 0.3 is 5.97 Å². The first-order valence-electron chi connectivity index (χ1n) is 9.57. The molecule has 0 aliphatic carbocycles. The number of carbonyl (C=O) groups excluding carboxylic acids is 1. The maximum atomic E-state index is 12.9. The molecule has 2 heterocycles. The van der Waals surface area contributed by atoms with Crippen LogP contribution in [0.15, 0.2) is 24.3 Å².